The molecule has 0 saturated heterocycles. The molecule has 3 N–H and O–H groups in total. The topological polar surface area (TPSA) is 133 Å². The van der Waals surface area contributed by atoms with E-state index in [0.717, 1.165) is 10.8 Å². The number of carbonyl (C=O) groups is 1. The molecule has 4 aromatic rings. The summed E-state index contributed by atoms with van der Waals surface area (Å²) < 4.78 is 5.08. The molecular weight excluding hydrogens is 398 g/mol. The largest absolute Gasteiger partial charge is 0.490 e. The number of fused-ring (bicyclic) bond motifs is 1. The number of hydrogen-bond donors (Lipinski definition) is 2. The van der Waals surface area contributed by atoms with Gasteiger partial charge in [0.05, 0.1) is 12.0 Å². The van der Waals surface area contributed by atoms with Gasteiger partial charge in [-0.1, -0.05) is 24.3 Å². The first-order valence-electron chi connectivity index (χ1n) is 9.23. The van der Waals surface area contributed by atoms with E-state index in [1.807, 2.05) is 24.3 Å². The Balaban J connectivity index is 1.78. The molecule has 1 heterocycles. The molecule has 1 amide bonds. The van der Waals surface area contributed by atoms with E-state index in [1.54, 1.807) is 30.3 Å². The quantitative estimate of drug-likeness (QED) is 0.358. The molecule has 0 atom stereocenters. The van der Waals surface area contributed by atoms with E-state index < -0.39 is 10.8 Å². The van der Waals surface area contributed by atoms with Gasteiger partial charge in [-0.05, 0) is 36.4 Å². The average Bonchev–Trinajstić information content (AvgIpc) is 2.79. The predicted molar refractivity (Wildman–Crippen MR) is 116 cm³/mol. The number of nitro groups is 1. The van der Waals surface area contributed by atoms with Gasteiger partial charge in [-0.15, -0.1) is 10.2 Å². The zero-order valence-electron chi connectivity index (χ0n) is 16.4. The van der Waals surface area contributed by atoms with E-state index in [2.05, 4.69) is 15.5 Å². The monoisotopic (exact) mass is 415 g/mol. The maximum atomic E-state index is 11.4. The third kappa shape index (κ3) is 3.84. The Bertz CT molecular complexity index is 1310. The molecule has 0 spiro atoms. The molecule has 0 saturated carbocycles. The lowest BCUT2D eigenvalue weighted by atomic mass is 10.0. The van der Waals surface area contributed by atoms with E-state index in [1.165, 1.54) is 19.2 Å². The fraction of sp³-hybridized carbons (Fsp3) is 0.0455. The molecule has 9 nitrogen and oxygen atoms in total. The number of aromatic nitrogens is 2. The molecule has 31 heavy (non-hydrogen) atoms. The van der Waals surface area contributed by atoms with Crippen LogP contribution < -0.4 is 15.8 Å². The van der Waals surface area contributed by atoms with Crippen LogP contribution >= 0.6 is 0 Å². The minimum absolute atomic E-state index is 0.150. The Morgan fingerprint density at radius 1 is 1.03 bits per heavy atom. The highest BCUT2D eigenvalue weighted by Crippen LogP contribution is 2.35. The smallest absolute Gasteiger partial charge is 0.311 e. The number of methoxy groups -OCH3 is 1. The Morgan fingerprint density at radius 3 is 2.39 bits per heavy atom. The number of benzene rings is 3. The van der Waals surface area contributed by atoms with E-state index in [0.29, 0.717) is 28.3 Å². The minimum Gasteiger partial charge on any atom is -0.490 e. The van der Waals surface area contributed by atoms with Crippen LogP contribution in [0.3, 0.4) is 0 Å². The first kappa shape index (κ1) is 19.8. The highest BCUT2D eigenvalue weighted by Gasteiger charge is 2.18. The van der Waals surface area contributed by atoms with Crippen LogP contribution in [0.25, 0.3) is 22.0 Å². The Morgan fingerprint density at radius 2 is 1.74 bits per heavy atom. The van der Waals surface area contributed by atoms with Gasteiger partial charge in [0, 0.05) is 33.7 Å². The van der Waals surface area contributed by atoms with Crippen LogP contribution in [0.1, 0.15) is 10.4 Å². The van der Waals surface area contributed by atoms with Gasteiger partial charge in [-0.2, -0.15) is 0 Å². The van der Waals surface area contributed by atoms with Crippen LogP contribution in [-0.2, 0) is 0 Å². The number of hydrogen-bond acceptors (Lipinski definition) is 7. The SMILES string of the molecule is COc1ccc(-c2nnc(Nc3ccc(C(N)=O)cc3)c3ccccc23)cc1[N+](=O)[O-]. The number of nitrogens with two attached hydrogens (primary N) is 1. The molecule has 0 fully saturated rings. The van der Waals surface area contributed by atoms with Crippen molar-refractivity contribution >= 4 is 33.9 Å². The summed E-state index contributed by atoms with van der Waals surface area (Å²) in [5.41, 5.74) is 7.29. The summed E-state index contributed by atoms with van der Waals surface area (Å²) in [6.45, 7) is 0. The molecule has 0 aliphatic rings. The number of rotatable bonds is 6. The zero-order valence-corrected chi connectivity index (χ0v) is 16.4. The van der Waals surface area contributed by atoms with Gasteiger partial charge in [0.1, 0.15) is 5.69 Å². The lowest BCUT2D eigenvalue weighted by molar-refractivity contribution is -0.385. The van der Waals surface area contributed by atoms with Gasteiger partial charge in [0.2, 0.25) is 5.91 Å². The van der Waals surface area contributed by atoms with E-state index in [9.17, 15) is 14.9 Å². The van der Waals surface area contributed by atoms with E-state index in [-0.39, 0.29) is 11.4 Å². The van der Waals surface area contributed by atoms with Crippen molar-refractivity contribution in [3.05, 3.63) is 82.4 Å². The van der Waals surface area contributed by atoms with E-state index in [4.69, 9.17) is 10.5 Å². The van der Waals surface area contributed by atoms with Crippen molar-refractivity contribution in [2.75, 3.05) is 12.4 Å². The van der Waals surface area contributed by atoms with Crippen LogP contribution in [0.2, 0.25) is 0 Å². The van der Waals surface area contributed by atoms with Crippen molar-refractivity contribution in [1.29, 1.82) is 0 Å². The second kappa shape index (κ2) is 8.07. The summed E-state index contributed by atoms with van der Waals surface area (Å²) in [5.74, 6) is 0.174. The second-order valence-corrected chi connectivity index (χ2v) is 6.65. The normalized spacial score (nSPS) is 10.6. The molecule has 1 aromatic heterocycles. The van der Waals surface area contributed by atoms with Crippen molar-refractivity contribution in [3.8, 4) is 17.0 Å². The van der Waals surface area contributed by atoms with Crippen LogP contribution in [0.4, 0.5) is 17.2 Å². The molecule has 0 bridgehead atoms. The number of primary amides is 1. The fourth-order valence-corrected chi connectivity index (χ4v) is 3.24. The molecule has 0 unspecified atom stereocenters. The van der Waals surface area contributed by atoms with Gasteiger partial charge in [-0.25, -0.2) is 0 Å². The number of nitro benzene ring substituents is 1. The predicted octanol–water partition coefficient (Wildman–Crippen LogP) is 4.06. The molecule has 9 heteroatoms. The first-order valence-corrected chi connectivity index (χ1v) is 9.23. The number of anilines is 2. The number of nitrogens with one attached hydrogen (secondary N) is 1. The van der Waals surface area contributed by atoms with Crippen molar-refractivity contribution in [1.82, 2.24) is 10.2 Å². The lowest BCUT2D eigenvalue weighted by Gasteiger charge is -2.12. The average molecular weight is 415 g/mol. The summed E-state index contributed by atoms with van der Waals surface area (Å²) in [6.07, 6.45) is 0. The van der Waals surface area contributed by atoms with Crippen molar-refractivity contribution in [2.45, 2.75) is 0 Å². The third-order valence-electron chi connectivity index (χ3n) is 4.77. The summed E-state index contributed by atoms with van der Waals surface area (Å²) in [7, 11) is 1.38. The highest BCUT2D eigenvalue weighted by molar-refractivity contribution is 6.01. The van der Waals surface area contributed by atoms with Crippen LogP contribution in [0, 0.1) is 10.1 Å². The minimum atomic E-state index is -0.505. The van der Waals surface area contributed by atoms with Crippen molar-refractivity contribution < 1.29 is 14.5 Å². The van der Waals surface area contributed by atoms with Crippen LogP contribution in [0.5, 0.6) is 5.75 Å². The summed E-state index contributed by atoms with van der Waals surface area (Å²) in [4.78, 5) is 22.2. The standard InChI is InChI=1S/C22H17N5O4/c1-31-19-11-8-14(12-18(19)27(29)30)20-16-4-2-3-5-17(16)22(26-25-20)24-15-9-6-13(7-10-15)21(23)28/h2-12H,1H3,(H2,23,28)(H,24,26). The zero-order chi connectivity index (χ0) is 22.0. The Labute approximate surface area is 176 Å². The fourth-order valence-electron chi connectivity index (χ4n) is 3.24. The number of nitrogens with zero attached hydrogens (tertiary/aromatic N) is 3. The molecule has 0 aliphatic heterocycles. The van der Waals surface area contributed by atoms with E-state index >= 15 is 0 Å². The van der Waals surface area contributed by atoms with Gasteiger partial charge in [0.15, 0.2) is 11.6 Å². The number of ether oxygens (including phenoxy) is 1. The van der Waals surface area contributed by atoms with Gasteiger partial charge in [-0.3, -0.25) is 14.9 Å². The maximum absolute atomic E-state index is 11.4. The van der Waals surface area contributed by atoms with Crippen molar-refractivity contribution in [2.24, 2.45) is 5.73 Å². The van der Waals surface area contributed by atoms with Gasteiger partial charge in [0.25, 0.3) is 0 Å². The Kier molecular flexibility index (Phi) is 5.15. The lowest BCUT2D eigenvalue weighted by Crippen LogP contribution is -2.10. The number of carbonyl (C=O) groups excluding carboxylic acids is 1. The summed E-state index contributed by atoms with van der Waals surface area (Å²) in [6, 6.07) is 18.8. The molecule has 0 radical (unpaired) electrons. The van der Waals surface area contributed by atoms with Gasteiger partial charge >= 0.3 is 5.69 Å². The molecule has 4 rings (SSSR count). The van der Waals surface area contributed by atoms with Crippen LogP contribution in [0.15, 0.2) is 66.7 Å². The third-order valence-corrected chi connectivity index (χ3v) is 4.77. The molecule has 3 aromatic carbocycles. The molecular formula is C22H17N5O4. The van der Waals surface area contributed by atoms with Gasteiger partial charge < -0.3 is 15.8 Å². The summed E-state index contributed by atoms with van der Waals surface area (Å²) >= 11 is 0. The Hall–Kier alpha value is -4.53. The van der Waals surface area contributed by atoms with Crippen molar-refractivity contribution in [3.63, 3.8) is 0 Å². The molecule has 154 valence electrons. The summed E-state index contributed by atoms with van der Waals surface area (Å²) in [5, 5.41) is 24.8. The maximum Gasteiger partial charge on any atom is 0.311 e. The first-order chi connectivity index (χ1) is 15.0. The molecule has 0 aliphatic carbocycles. The number of amides is 1. The van der Waals surface area contributed by atoms with Crippen LogP contribution in [-0.4, -0.2) is 28.1 Å². The second-order valence-electron chi connectivity index (χ2n) is 6.65. The highest BCUT2D eigenvalue weighted by atomic mass is 16.6.